The molecule has 2 aromatic rings. The second kappa shape index (κ2) is 6.14. The highest BCUT2D eigenvalue weighted by Crippen LogP contribution is 2.13. The minimum atomic E-state index is -0.395. The molecular weight excluding hydrogens is 260 g/mol. The molecule has 0 aliphatic rings. The molecule has 0 unspecified atom stereocenters. The first-order chi connectivity index (χ1) is 9.58. The third kappa shape index (κ3) is 3.31. The van der Waals surface area contributed by atoms with Crippen molar-refractivity contribution in [2.75, 3.05) is 6.54 Å². The summed E-state index contributed by atoms with van der Waals surface area (Å²) < 4.78 is 5.07. The van der Waals surface area contributed by atoms with Crippen LogP contribution in [0.1, 0.15) is 33.9 Å². The number of hydrogen-bond acceptors (Lipinski definition) is 5. The van der Waals surface area contributed by atoms with Crippen LogP contribution in [-0.2, 0) is 6.42 Å². The van der Waals surface area contributed by atoms with Gasteiger partial charge in [0.15, 0.2) is 0 Å². The lowest BCUT2D eigenvalue weighted by atomic mass is 10.1. The highest BCUT2D eigenvalue weighted by atomic mass is 16.5. The second-order valence-electron chi connectivity index (χ2n) is 4.47. The highest BCUT2D eigenvalue weighted by Gasteiger charge is 2.09. The number of rotatable bonds is 5. The predicted molar refractivity (Wildman–Crippen MR) is 71.5 cm³/mol. The minimum absolute atomic E-state index is 0.162. The third-order valence-electron chi connectivity index (χ3n) is 2.97. The number of carbonyl (C=O) groups is 1. The van der Waals surface area contributed by atoms with Crippen molar-refractivity contribution in [1.29, 1.82) is 0 Å². The molecule has 2 N–H and O–H groups in total. The highest BCUT2D eigenvalue weighted by molar-refractivity contribution is 5.91. The molecule has 0 aliphatic carbocycles. The van der Waals surface area contributed by atoms with Gasteiger partial charge < -0.3 is 14.8 Å². The fraction of sp³-hybridized carbons (Fsp3) is 0.385. The Balaban J connectivity index is 1.82. The molecule has 0 saturated carbocycles. The maximum Gasteiger partial charge on any atom is 0.269 e. The number of amides is 1. The van der Waals surface area contributed by atoms with Crippen molar-refractivity contribution in [2.24, 2.45) is 0 Å². The van der Waals surface area contributed by atoms with Crippen molar-refractivity contribution < 1.29 is 9.32 Å². The van der Waals surface area contributed by atoms with Crippen LogP contribution in [0.4, 0.5) is 0 Å². The Morgan fingerprint density at radius 1 is 1.40 bits per heavy atom. The summed E-state index contributed by atoms with van der Waals surface area (Å²) in [6.45, 7) is 4.26. The molecule has 106 valence electrons. The lowest BCUT2D eigenvalue weighted by Crippen LogP contribution is -2.27. The molecular formula is C13H16N4O3. The van der Waals surface area contributed by atoms with Crippen LogP contribution in [0.15, 0.2) is 21.7 Å². The number of aromatic nitrogens is 3. The second-order valence-corrected chi connectivity index (χ2v) is 4.47. The summed E-state index contributed by atoms with van der Waals surface area (Å²) in [7, 11) is 0. The van der Waals surface area contributed by atoms with Gasteiger partial charge in [-0.3, -0.25) is 14.6 Å². The summed E-state index contributed by atoms with van der Waals surface area (Å²) in [5.74, 6) is 0.472. The van der Waals surface area contributed by atoms with Gasteiger partial charge in [-0.15, -0.1) is 0 Å². The van der Waals surface area contributed by atoms with Crippen molar-refractivity contribution in [3.05, 3.63) is 45.5 Å². The molecule has 0 aliphatic heterocycles. The zero-order chi connectivity index (χ0) is 14.5. The number of nitrogens with one attached hydrogen (secondary N) is 2. The van der Waals surface area contributed by atoms with Gasteiger partial charge in [-0.2, -0.15) is 0 Å². The Kier molecular flexibility index (Phi) is 4.29. The maximum absolute atomic E-state index is 11.7. The number of nitrogens with zero attached hydrogens (tertiary/aromatic N) is 2. The quantitative estimate of drug-likeness (QED) is 0.784. The van der Waals surface area contributed by atoms with E-state index in [-0.39, 0.29) is 11.6 Å². The van der Waals surface area contributed by atoms with E-state index in [0.717, 1.165) is 36.1 Å². The molecule has 0 aromatic carbocycles. The largest absolute Gasteiger partial charge is 0.361 e. The molecule has 1 amide bonds. The van der Waals surface area contributed by atoms with E-state index < -0.39 is 5.56 Å². The number of H-pyrrole nitrogens is 1. The lowest BCUT2D eigenvalue weighted by molar-refractivity contribution is 0.0947. The Morgan fingerprint density at radius 2 is 2.20 bits per heavy atom. The number of aromatic amines is 1. The first kappa shape index (κ1) is 14.0. The fourth-order valence-electron chi connectivity index (χ4n) is 1.91. The first-order valence-corrected chi connectivity index (χ1v) is 6.32. The molecule has 0 fully saturated rings. The Labute approximate surface area is 115 Å². The van der Waals surface area contributed by atoms with E-state index in [1.165, 1.54) is 6.20 Å². The summed E-state index contributed by atoms with van der Waals surface area (Å²) >= 11 is 0. The lowest BCUT2D eigenvalue weighted by Gasteiger charge is -2.04. The van der Waals surface area contributed by atoms with Crippen molar-refractivity contribution in [3.63, 3.8) is 0 Å². The first-order valence-electron chi connectivity index (χ1n) is 6.32. The Hall–Kier alpha value is -2.44. The van der Waals surface area contributed by atoms with Gasteiger partial charge in [-0.1, -0.05) is 5.16 Å². The van der Waals surface area contributed by atoms with Gasteiger partial charge in [0.2, 0.25) is 0 Å². The smallest absolute Gasteiger partial charge is 0.269 e. The molecule has 7 nitrogen and oxygen atoms in total. The molecule has 2 heterocycles. The van der Waals surface area contributed by atoms with Gasteiger partial charge in [0.1, 0.15) is 11.5 Å². The Bertz CT molecular complexity index is 640. The van der Waals surface area contributed by atoms with E-state index in [9.17, 15) is 9.59 Å². The molecule has 2 aromatic heterocycles. The predicted octanol–water partition coefficient (Wildman–Crippen LogP) is 0.737. The molecule has 0 radical (unpaired) electrons. The van der Waals surface area contributed by atoms with Crippen LogP contribution in [-0.4, -0.2) is 27.6 Å². The van der Waals surface area contributed by atoms with E-state index in [0.29, 0.717) is 6.54 Å². The van der Waals surface area contributed by atoms with Crippen LogP contribution in [0.2, 0.25) is 0 Å². The minimum Gasteiger partial charge on any atom is -0.361 e. The van der Waals surface area contributed by atoms with Gasteiger partial charge in [0.25, 0.3) is 11.5 Å². The molecule has 0 bridgehead atoms. The van der Waals surface area contributed by atoms with Crippen molar-refractivity contribution in [1.82, 2.24) is 20.4 Å². The van der Waals surface area contributed by atoms with Crippen molar-refractivity contribution in [3.8, 4) is 0 Å². The average molecular weight is 276 g/mol. The molecule has 2 rings (SSSR count). The van der Waals surface area contributed by atoms with Crippen molar-refractivity contribution in [2.45, 2.75) is 26.7 Å². The van der Waals surface area contributed by atoms with E-state index >= 15 is 0 Å². The molecule has 0 atom stereocenters. The summed E-state index contributed by atoms with van der Waals surface area (Å²) in [6, 6.07) is 0. The zero-order valence-electron chi connectivity index (χ0n) is 11.4. The van der Waals surface area contributed by atoms with Gasteiger partial charge in [-0.05, 0) is 26.7 Å². The van der Waals surface area contributed by atoms with Crippen LogP contribution < -0.4 is 10.9 Å². The van der Waals surface area contributed by atoms with E-state index in [4.69, 9.17) is 4.52 Å². The number of carbonyl (C=O) groups excluding carboxylic acids is 1. The van der Waals surface area contributed by atoms with E-state index in [1.54, 1.807) is 0 Å². The van der Waals surface area contributed by atoms with Crippen molar-refractivity contribution >= 4 is 5.91 Å². The molecule has 0 saturated heterocycles. The van der Waals surface area contributed by atoms with Gasteiger partial charge >= 0.3 is 0 Å². The maximum atomic E-state index is 11.7. The van der Waals surface area contributed by atoms with Gasteiger partial charge in [0.05, 0.1) is 18.1 Å². The Morgan fingerprint density at radius 3 is 2.85 bits per heavy atom. The van der Waals surface area contributed by atoms with Crippen LogP contribution in [0, 0.1) is 13.8 Å². The topological polar surface area (TPSA) is 101 Å². The molecule has 0 spiro atoms. The van der Waals surface area contributed by atoms with Gasteiger partial charge in [0, 0.05) is 12.1 Å². The SMILES string of the molecule is Cc1noc(C)c1CCCNC(=O)c1cncc(=O)[nH]1. The standard InChI is InChI=1S/C13H16N4O3/c1-8-10(9(2)20-17-8)4-3-5-15-13(19)11-6-14-7-12(18)16-11/h6-7H,3-5H2,1-2H3,(H,15,19)(H,16,18). The fourth-order valence-corrected chi connectivity index (χ4v) is 1.91. The van der Waals surface area contributed by atoms with E-state index in [1.807, 2.05) is 13.8 Å². The van der Waals surface area contributed by atoms with Gasteiger partial charge in [-0.25, -0.2) is 0 Å². The monoisotopic (exact) mass is 276 g/mol. The summed E-state index contributed by atoms with van der Waals surface area (Å²) in [5.41, 5.74) is 1.72. The third-order valence-corrected chi connectivity index (χ3v) is 2.97. The number of aryl methyl sites for hydroxylation is 2. The zero-order valence-corrected chi connectivity index (χ0v) is 11.4. The summed E-state index contributed by atoms with van der Waals surface area (Å²) in [4.78, 5) is 28.9. The normalized spacial score (nSPS) is 10.5. The summed E-state index contributed by atoms with van der Waals surface area (Å²) in [6.07, 6.45) is 3.99. The molecule has 20 heavy (non-hydrogen) atoms. The number of hydrogen-bond donors (Lipinski definition) is 2. The van der Waals surface area contributed by atoms with Crippen LogP contribution >= 0.6 is 0 Å². The van der Waals surface area contributed by atoms with E-state index in [2.05, 4.69) is 20.4 Å². The van der Waals surface area contributed by atoms with Crippen LogP contribution in [0.3, 0.4) is 0 Å². The van der Waals surface area contributed by atoms with Crippen LogP contribution in [0.5, 0.6) is 0 Å². The van der Waals surface area contributed by atoms with Crippen LogP contribution in [0.25, 0.3) is 0 Å². The molecule has 7 heteroatoms. The average Bonchev–Trinajstić information content (AvgIpc) is 2.74. The summed E-state index contributed by atoms with van der Waals surface area (Å²) in [5, 5.41) is 6.60.